The van der Waals surface area contributed by atoms with Crippen molar-refractivity contribution in [1.82, 2.24) is 5.32 Å². The summed E-state index contributed by atoms with van der Waals surface area (Å²) in [4.78, 5) is 22.5. The van der Waals surface area contributed by atoms with E-state index >= 15 is 0 Å². The van der Waals surface area contributed by atoms with Crippen LogP contribution in [0.5, 0.6) is 5.75 Å². The molecule has 110 valence electrons. The van der Waals surface area contributed by atoms with E-state index in [1.807, 2.05) is 12.1 Å². The fourth-order valence-corrected chi connectivity index (χ4v) is 1.70. The van der Waals surface area contributed by atoms with Crippen LogP contribution in [-0.4, -0.2) is 41.8 Å². The molecule has 3 N–H and O–H groups in total. The van der Waals surface area contributed by atoms with Gasteiger partial charge in [0.1, 0.15) is 11.8 Å². The van der Waals surface area contributed by atoms with Crippen molar-refractivity contribution in [3.63, 3.8) is 0 Å². The number of aryl methyl sites for hydroxylation is 1. The van der Waals surface area contributed by atoms with Crippen molar-refractivity contribution in [2.45, 2.75) is 25.3 Å². The second kappa shape index (κ2) is 8.16. The van der Waals surface area contributed by atoms with Crippen LogP contribution in [0, 0.1) is 0 Å². The maximum Gasteiger partial charge on any atom is 0.326 e. The number of carbonyl (C=O) groups is 2. The third-order valence-corrected chi connectivity index (χ3v) is 2.85. The summed E-state index contributed by atoms with van der Waals surface area (Å²) >= 11 is 0. The zero-order valence-corrected chi connectivity index (χ0v) is 11.3. The number of amides is 1. The Hall–Kier alpha value is -2.08. The Labute approximate surface area is 117 Å². The zero-order valence-electron chi connectivity index (χ0n) is 11.3. The minimum Gasteiger partial charge on any atom is -0.497 e. The highest BCUT2D eigenvalue weighted by Gasteiger charge is 2.18. The van der Waals surface area contributed by atoms with Crippen molar-refractivity contribution in [2.75, 3.05) is 13.7 Å². The van der Waals surface area contributed by atoms with Crippen LogP contribution in [-0.2, 0) is 16.0 Å². The van der Waals surface area contributed by atoms with Crippen molar-refractivity contribution in [3.8, 4) is 5.75 Å². The highest BCUT2D eigenvalue weighted by molar-refractivity contribution is 5.83. The van der Waals surface area contributed by atoms with E-state index in [0.29, 0.717) is 6.42 Å². The number of ether oxygens (including phenoxy) is 1. The number of rotatable bonds is 8. The van der Waals surface area contributed by atoms with E-state index in [4.69, 9.17) is 14.9 Å². The van der Waals surface area contributed by atoms with Crippen LogP contribution >= 0.6 is 0 Å². The number of aliphatic hydroxyl groups is 1. The van der Waals surface area contributed by atoms with Gasteiger partial charge >= 0.3 is 5.97 Å². The molecule has 0 aromatic heterocycles. The van der Waals surface area contributed by atoms with Crippen LogP contribution in [0.15, 0.2) is 24.3 Å². The first-order valence-corrected chi connectivity index (χ1v) is 6.32. The fraction of sp³-hybridized carbons (Fsp3) is 0.429. The van der Waals surface area contributed by atoms with E-state index in [0.717, 1.165) is 11.3 Å². The third-order valence-electron chi connectivity index (χ3n) is 2.85. The van der Waals surface area contributed by atoms with Gasteiger partial charge in [0.25, 0.3) is 0 Å². The molecule has 1 amide bonds. The number of benzene rings is 1. The van der Waals surface area contributed by atoms with Crippen molar-refractivity contribution < 1.29 is 24.5 Å². The number of hydrogen-bond acceptors (Lipinski definition) is 4. The molecule has 20 heavy (non-hydrogen) atoms. The molecule has 1 rings (SSSR count). The van der Waals surface area contributed by atoms with Gasteiger partial charge in [-0.25, -0.2) is 4.79 Å². The highest BCUT2D eigenvalue weighted by atomic mass is 16.5. The van der Waals surface area contributed by atoms with Gasteiger partial charge in [-0.05, 0) is 24.1 Å². The molecule has 0 heterocycles. The molecule has 1 unspecified atom stereocenters. The SMILES string of the molecule is COc1ccc(CCC(=O)NC(CCO)C(=O)O)cc1. The predicted octanol–water partition coefficient (Wildman–Crippen LogP) is 0.580. The molecule has 0 fully saturated rings. The van der Waals surface area contributed by atoms with Gasteiger partial charge in [-0.1, -0.05) is 12.1 Å². The number of carbonyl (C=O) groups excluding carboxylic acids is 1. The van der Waals surface area contributed by atoms with Gasteiger partial charge in [0.2, 0.25) is 5.91 Å². The van der Waals surface area contributed by atoms with Crippen LogP contribution in [0.3, 0.4) is 0 Å². The van der Waals surface area contributed by atoms with Crippen molar-refractivity contribution >= 4 is 11.9 Å². The summed E-state index contributed by atoms with van der Waals surface area (Å²) in [5, 5.41) is 20.0. The predicted molar refractivity (Wildman–Crippen MR) is 72.6 cm³/mol. The topological polar surface area (TPSA) is 95.9 Å². The van der Waals surface area contributed by atoms with E-state index < -0.39 is 12.0 Å². The van der Waals surface area contributed by atoms with Gasteiger partial charge in [0, 0.05) is 19.4 Å². The van der Waals surface area contributed by atoms with E-state index in [1.54, 1.807) is 19.2 Å². The van der Waals surface area contributed by atoms with Crippen LogP contribution < -0.4 is 10.1 Å². The average molecular weight is 281 g/mol. The van der Waals surface area contributed by atoms with E-state index in [-0.39, 0.29) is 25.4 Å². The number of aliphatic hydroxyl groups excluding tert-OH is 1. The lowest BCUT2D eigenvalue weighted by molar-refractivity contribution is -0.142. The summed E-state index contributed by atoms with van der Waals surface area (Å²) < 4.78 is 5.03. The Morgan fingerprint density at radius 1 is 1.30 bits per heavy atom. The molecule has 1 atom stereocenters. The summed E-state index contributed by atoms with van der Waals surface area (Å²) in [5.41, 5.74) is 0.968. The number of hydrogen-bond donors (Lipinski definition) is 3. The Balaban J connectivity index is 2.43. The lowest BCUT2D eigenvalue weighted by Gasteiger charge is -2.13. The number of methoxy groups -OCH3 is 1. The summed E-state index contributed by atoms with van der Waals surface area (Å²) in [7, 11) is 1.58. The summed E-state index contributed by atoms with van der Waals surface area (Å²) in [6.45, 7) is -0.282. The number of nitrogens with one attached hydrogen (secondary N) is 1. The molecular weight excluding hydrogens is 262 g/mol. The first-order chi connectivity index (χ1) is 9.56. The Morgan fingerprint density at radius 3 is 2.45 bits per heavy atom. The van der Waals surface area contributed by atoms with Gasteiger partial charge in [0.15, 0.2) is 0 Å². The molecule has 0 aliphatic heterocycles. The fourth-order valence-electron chi connectivity index (χ4n) is 1.70. The Morgan fingerprint density at radius 2 is 1.95 bits per heavy atom. The Kier molecular flexibility index (Phi) is 6.52. The van der Waals surface area contributed by atoms with E-state index in [1.165, 1.54) is 0 Å². The first kappa shape index (κ1) is 16.0. The minimum absolute atomic E-state index is 0.00358. The van der Waals surface area contributed by atoms with Gasteiger partial charge in [0.05, 0.1) is 7.11 Å². The second-order valence-electron chi connectivity index (χ2n) is 4.32. The molecule has 0 aliphatic rings. The molecule has 0 bridgehead atoms. The second-order valence-corrected chi connectivity index (χ2v) is 4.32. The van der Waals surface area contributed by atoms with Crippen molar-refractivity contribution in [1.29, 1.82) is 0 Å². The maximum absolute atomic E-state index is 11.6. The molecule has 0 saturated heterocycles. The van der Waals surface area contributed by atoms with Gasteiger partial charge in [-0.15, -0.1) is 0 Å². The van der Waals surface area contributed by atoms with Gasteiger partial charge in [-0.2, -0.15) is 0 Å². The molecule has 6 nitrogen and oxygen atoms in total. The molecule has 0 radical (unpaired) electrons. The first-order valence-electron chi connectivity index (χ1n) is 6.32. The largest absolute Gasteiger partial charge is 0.497 e. The molecule has 0 saturated carbocycles. The monoisotopic (exact) mass is 281 g/mol. The highest BCUT2D eigenvalue weighted by Crippen LogP contribution is 2.12. The van der Waals surface area contributed by atoms with Crippen molar-refractivity contribution in [3.05, 3.63) is 29.8 Å². The minimum atomic E-state index is -1.14. The molecule has 0 spiro atoms. The van der Waals surface area contributed by atoms with Gasteiger partial charge in [-0.3, -0.25) is 4.79 Å². The lowest BCUT2D eigenvalue weighted by Crippen LogP contribution is -2.41. The van der Waals surface area contributed by atoms with Crippen LogP contribution in [0.4, 0.5) is 0 Å². The normalized spacial score (nSPS) is 11.7. The summed E-state index contributed by atoms with van der Waals surface area (Å²) in [5.74, 6) is -0.745. The number of carboxylic acid groups (broad SMARTS) is 1. The quantitative estimate of drug-likeness (QED) is 0.648. The van der Waals surface area contributed by atoms with E-state index in [2.05, 4.69) is 5.32 Å². The van der Waals surface area contributed by atoms with Crippen LogP contribution in [0.25, 0.3) is 0 Å². The van der Waals surface area contributed by atoms with Gasteiger partial charge < -0.3 is 20.3 Å². The average Bonchev–Trinajstić information content (AvgIpc) is 2.45. The zero-order chi connectivity index (χ0) is 15.0. The van der Waals surface area contributed by atoms with Crippen LogP contribution in [0.2, 0.25) is 0 Å². The molecule has 0 aliphatic carbocycles. The Bertz CT molecular complexity index is 443. The lowest BCUT2D eigenvalue weighted by atomic mass is 10.1. The molecule has 1 aromatic carbocycles. The van der Waals surface area contributed by atoms with E-state index in [9.17, 15) is 9.59 Å². The maximum atomic E-state index is 11.6. The molecule has 6 heteroatoms. The van der Waals surface area contributed by atoms with Crippen molar-refractivity contribution in [2.24, 2.45) is 0 Å². The number of carboxylic acids is 1. The standard InChI is InChI=1S/C14H19NO5/c1-20-11-5-2-10(3-6-11)4-7-13(17)15-12(8-9-16)14(18)19/h2-3,5-6,12,16H,4,7-9H2,1H3,(H,15,17)(H,18,19). The summed E-state index contributed by atoms with van der Waals surface area (Å²) in [6, 6.07) is 6.28. The van der Waals surface area contributed by atoms with Crippen LogP contribution in [0.1, 0.15) is 18.4 Å². The molecule has 1 aromatic rings. The third kappa shape index (κ3) is 5.27. The number of aliphatic carboxylic acids is 1. The smallest absolute Gasteiger partial charge is 0.326 e. The molecular formula is C14H19NO5. The summed E-state index contributed by atoms with van der Waals surface area (Å²) in [6.07, 6.45) is 0.715.